The summed E-state index contributed by atoms with van der Waals surface area (Å²) in [6.07, 6.45) is 2.21. The molecule has 102 valence electrons. The van der Waals surface area contributed by atoms with Crippen molar-refractivity contribution in [1.29, 1.82) is 0 Å². The minimum atomic E-state index is 0.684. The Morgan fingerprint density at radius 2 is 2.32 bits per heavy atom. The Bertz CT molecular complexity index is 566. The highest BCUT2D eigenvalue weighted by molar-refractivity contribution is 5.40. The lowest BCUT2D eigenvalue weighted by molar-refractivity contribution is 0.340. The van der Waals surface area contributed by atoms with E-state index in [1.807, 2.05) is 18.2 Å². The molecule has 1 aliphatic heterocycles. The molecule has 3 rings (SSSR count). The van der Waals surface area contributed by atoms with Gasteiger partial charge in [-0.2, -0.15) is 4.52 Å². The van der Waals surface area contributed by atoms with Gasteiger partial charge in [0.25, 0.3) is 0 Å². The van der Waals surface area contributed by atoms with E-state index in [1.165, 1.54) is 19.5 Å². The van der Waals surface area contributed by atoms with Crippen LogP contribution in [0.4, 0.5) is 0 Å². The van der Waals surface area contributed by atoms with Gasteiger partial charge in [0.2, 0.25) is 5.88 Å². The molecule has 1 aliphatic rings. The lowest BCUT2D eigenvalue weighted by Gasteiger charge is -2.11. The number of ether oxygens (including phenoxy) is 1. The van der Waals surface area contributed by atoms with E-state index >= 15 is 0 Å². The second-order valence-electron chi connectivity index (χ2n) is 5.12. The van der Waals surface area contributed by atoms with Gasteiger partial charge in [-0.25, -0.2) is 4.98 Å². The predicted octanol–water partition coefficient (Wildman–Crippen LogP) is 1.62. The van der Waals surface area contributed by atoms with Gasteiger partial charge < -0.3 is 9.64 Å². The molecule has 0 bridgehead atoms. The zero-order chi connectivity index (χ0) is 13.2. The maximum absolute atomic E-state index is 5.30. The van der Waals surface area contributed by atoms with E-state index < -0.39 is 0 Å². The zero-order valence-electron chi connectivity index (χ0n) is 11.5. The Hall–Kier alpha value is -1.62. The fraction of sp³-hybridized carbons (Fsp3) is 0.571. The molecule has 1 unspecified atom stereocenters. The summed E-state index contributed by atoms with van der Waals surface area (Å²) in [5.41, 5.74) is 0.861. The first-order valence-electron chi connectivity index (χ1n) is 6.91. The number of fused-ring (bicyclic) bond motifs is 1. The standard InChI is InChI=1S/C14H20N4O/c1-3-17-8-7-11(10-17)9-12-15-13-5-4-6-14(19-2)18(13)16-12/h4-6,11H,3,7-10H2,1-2H3. The molecule has 2 aromatic heterocycles. The second kappa shape index (κ2) is 5.17. The van der Waals surface area contributed by atoms with Crippen molar-refractivity contribution in [3.8, 4) is 5.88 Å². The van der Waals surface area contributed by atoms with Gasteiger partial charge in [0.15, 0.2) is 11.5 Å². The van der Waals surface area contributed by atoms with Gasteiger partial charge in [-0.3, -0.25) is 0 Å². The maximum Gasteiger partial charge on any atom is 0.216 e. The minimum absolute atomic E-state index is 0.684. The Kier molecular flexibility index (Phi) is 3.38. The number of hydrogen-bond acceptors (Lipinski definition) is 4. The molecule has 0 amide bonds. The van der Waals surface area contributed by atoms with E-state index in [4.69, 9.17) is 4.74 Å². The number of nitrogens with zero attached hydrogens (tertiary/aromatic N) is 4. The third-order valence-corrected chi connectivity index (χ3v) is 3.87. The molecule has 1 atom stereocenters. The maximum atomic E-state index is 5.30. The molecule has 5 heteroatoms. The summed E-state index contributed by atoms with van der Waals surface area (Å²) in [4.78, 5) is 7.08. The molecule has 19 heavy (non-hydrogen) atoms. The number of aromatic nitrogens is 3. The Balaban J connectivity index is 1.79. The number of likely N-dealkylation sites (tertiary alicyclic amines) is 1. The van der Waals surface area contributed by atoms with Crippen LogP contribution in [0.3, 0.4) is 0 Å². The number of rotatable bonds is 4. The highest BCUT2D eigenvalue weighted by Crippen LogP contribution is 2.20. The fourth-order valence-electron chi connectivity index (χ4n) is 2.79. The van der Waals surface area contributed by atoms with Gasteiger partial charge in [-0.1, -0.05) is 13.0 Å². The van der Waals surface area contributed by atoms with Crippen LogP contribution in [0, 0.1) is 5.92 Å². The molecule has 3 heterocycles. The summed E-state index contributed by atoms with van der Waals surface area (Å²) in [5.74, 6) is 2.34. The van der Waals surface area contributed by atoms with Crippen molar-refractivity contribution < 1.29 is 4.74 Å². The normalized spacial score (nSPS) is 20.2. The largest absolute Gasteiger partial charge is 0.481 e. The average Bonchev–Trinajstić information content (AvgIpc) is 3.04. The van der Waals surface area contributed by atoms with E-state index in [9.17, 15) is 0 Å². The van der Waals surface area contributed by atoms with Crippen LogP contribution in [0.15, 0.2) is 18.2 Å². The first-order valence-corrected chi connectivity index (χ1v) is 6.91. The Morgan fingerprint density at radius 1 is 1.42 bits per heavy atom. The third-order valence-electron chi connectivity index (χ3n) is 3.87. The predicted molar refractivity (Wildman–Crippen MR) is 73.5 cm³/mol. The monoisotopic (exact) mass is 260 g/mol. The van der Waals surface area contributed by atoms with Crippen LogP contribution in [-0.2, 0) is 6.42 Å². The van der Waals surface area contributed by atoms with Crippen LogP contribution in [0.25, 0.3) is 5.65 Å². The number of hydrogen-bond donors (Lipinski definition) is 0. The first kappa shape index (κ1) is 12.4. The van der Waals surface area contributed by atoms with Gasteiger partial charge in [0.05, 0.1) is 7.11 Å². The van der Waals surface area contributed by atoms with Crippen molar-refractivity contribution in [2.24, 2.45) is 5.92 Å². The lowest BCUT2D eigenvalue weighted by Crippen LogP contribution is -2.20. The highest BCUT2D eigenvalue weighted by atomic mass is 16.5. The van der Waals surface area contributed by atoms with E-state index in [0.29, 0.717) is 5.92 Å². The van der Waals surface area contributed by atoms with Crippen molar-refractivity contribution >= 4 is 5.65 Å². The SMILES string of the molecule is CCN1CCC(Cc2nc3cccc(OC)n3n2)C1. The first-order chi connectivity index (χ1) is 9.30. The van der Waals surface area contributed by atoms with Crippen LogP contribution in [-0.4, -0.2) is 46.2 Å². The molecular weight excluding hydrogens is 240 g/mol. The summed E-state index contributed by atoms with van der Waals surface area (Å²) >= 11 is 0. The van der Waals surface area contributed by atoms with Gasteiger partial charge in [0.1, 0.15) is 0 Å². The second-order valence-corrected chi connectivity index (χ2v) is 5.12. The Labute approximate surface area is 113 Å². The number of methoxy groups -OCH3 is 1. The molecule has 1 fully saturated rings. The van der Waals surface area contributed by atoms with E-state index in [1.54, 1.807) is 11.6 Å². The molecule has 0 spiro atoms. The third kappa shape index (κ3) is 2.42. The van der Waals surface area contributed by atoms with E-state index in [2.05, 4.69) is 21.9 Å². The lowest BCUT2D eigenvalue weighted by atomic mass is 10.1. The van der Waals surface area contributed by atoms with Gasteiger partial charge in [-0.05, 0) is 31.5 Å². The van der Waals surface area contributed by atoms with Crippen LogP contribution in [0.1, 0.15) is 19.2 Å². The smallest absolute Gasteiger partial charge is 0.216 e. The van der Waals surface area contributed by atoms with Crippen LogP contribution < -0.4 is 4.74 Å². The van der Waals surface area contributed by atoms with Crippen molar-refractivity contribution in [3.63, 3.8) is 0 Å². The van der Waals surface area contributed by atoms with Crippen LogP contribution in [0.2, 0.25) is 0 Å². The summed E-state index contributed by atoms with van der Waals surface area (Å²) in [7, 11) is 1.66. The van der Waals surface area contributed by atoms with Gasteiger partial charge in [-0.15, -0.1) is 5.10 Å². The fourth-order valence-corrected chi connectivity index (χ4v) is 2.79. The van der Waals surface area contributed by atoms with Gasteiger partial charge in [0, 0.05) is 19.0 Å². The topological polar surface area (TPSA) is 42.7 Å². The van der Waals surface area contributed by atoms with Crippen LogP contribution in [0.5, 0.6) is 5.88 Å². The summed E-state index contributed by atoms with van der Waals surface area (Å²) in [5, 5.41) is 4.56. The van der Waals surface area contributed by atoms with Crippen molar-refractivity contribution in [1.82, 2.24) is 19.5 Å². The van der Waals surface area contributed by atoms with Crippen LogP contribution >= 0.6 is 0 Å². The van der Waals surface area contributed by atoms with Crippen molar-refractivity contribution in [2.75, 3.05) is 26.7 Å². The quantitative estimate of drug-likeness (QED) is 0.838. The molecule has 2 aromatic rings. The molecule has 5 nitrogen and oxygen atoms in total. The zero-order valence-corrected chi connectivity index (χ0v) is 11.5. The van der Waals surface area contributed by atoms with Crippen molar-refractivity contribution in [3.05, 3.63) is 24.0 Å². The van der Waals surface area contributed by atoms with E-state index in [-0.39, 0.29) is 0 Å². The molecule has 0 saturated carbocycles. The van der Waals surface area contributed by atoms with Crippen molar-refractivity contribution in [2.45, 2.75) is 19.8 Å². The summed E-state index contributed by atoms with van der Waals surface area (Å²) in [6.45, 7) is 5.74. The molecule has 0 N–H and O–H groups in total. The number of pyridine rings is 1. The van der Waals surface area contributed by atoms with Gasteiger partial charge >= 0.3 is 0 Å². The average molecular weight is 260 g/mol. The summed E-state index contributed by atoms with van der Waals surface area (Å²) in [6, 6.07) is 5.81. The molecule has 0 radical (unpaired) electrons. The molecular formula is C14H20N4O. The molecule has 0 aromatic carbocycles. The Morgan fingerprint density at radius 3 is 3.05 bits per heavy atom. The molecule has 1 saturated heterocycles. The highest BCUT2D eigenvalue weighted by Gasteiger charge is 2.23. The van der Waals surface area contributed by atoms with E-state index in [0.717, 1.165) is 30.3 Å². The summed E-state index contributed by atoms with van der Waals surface area (Å²) < 4.78 is 7.08. The molecule has 0 aliphatic carbocycles. The minimum Gasteiger partial charge on any atom is -0.481 e.